The van der Waals surface area contributed by atoms with Crippen LogP contribution in [0.4, 0.5) is 0 Å². The van der Waals surface area contributed by atoms with Crippen molar-refractivity contribution in [3.05, 3.63) is 101 Å². The number of para-hydroxylation sites is 1. The van der Waals surface area contributed by atoms with Gasteiger partial charge in [-0.3, -0.25) is 0 Å². The zero-order chi connectivity index (χ0) is 19.2. The van der Waals surface area contributed by atoms with Crippen molar-refractivity contribution in [3.63, 3.8) is 0 Å². The number of ether oxygens (including phenoxy) is 1. The molecule has 0 radical (unpaired) electrons. The Kier molecular flexibility index (Phi) is 5.95. The fourth-order valence-corrected chi connectivity index (χ4v) is 3.56. The molecule has 4 rings (SSSR count). The Morgan fingerprint density at radius 1 is 0.893 bits per heavy atom. The van der Waals surface area contributed by atoms with Crippen LogP contribution in [-0.4, -0.2) is 11.5 Å². The van der Waals surface area contributed by atoms with Crippen molar-refractivity contribution >= 4 is 22.5 Å². The monoisotopic (exact) mass is 390 g/mol. The number of halogens is 1. The van der Waals surface area contributed by atoms with Gasteiger partial charge < -0.3 is 15.0 Å². The first-order valence-electron chi connectivity index (χ1n) is 9.50. The average Bonchev–Trinajstić information content (AvgIpc) is 3.14. The first-order chi connectivity index (χ1) is 13.8. The lowest BCUT2D eigenvalue weighted by molar-refractivity contribution is 0.306. The number of benzene rings is 3. The van der Waals surface area contributed by atoms with Gasteiger partial charge in [0, 0.05) is 23.6 Å². The predicted octanol–water partition coefficient (Wildman–Crippen LogP) is 5.73. The Morgan fingerprint density at radius 2 is 1.71 bits per heavy atom. The molecule has 3 aromatic carbocycles. The first-order valence-corrected chi connectivity index (χ1v) is 9.88. The van der Waals surface area contributed by atoms with Gasteiger partial charge in [0.15, 0.2) is 0 Å². The standard InChI is InChI=1S/C24H23ClN2O/c25-22-14-19(10-11-24(22)28-17-18-6-2-1-3-7-18)15-26-13-12-20-16-27-23-9-5-4-8-21(20)23/h1-11,14,16,26-27H,12-13,15,17H2. The van der Waals surface area contributed by atoms with E-state index in [1.165, 1.54) is 16.5 Å². The molecule has 0 fully saturated rings. The second-order valence-electron chi connectivity index (χ2n) is 6.83. The predicted molar refractivity (Wildman–Crippen MR) is 116 cm³/mol. The average molecular weight is 391 g/mol. The lowest BCUT2D eigenvalue weighted by atomic mass is 10.1. The van der Waals surface area contributed by atoms with E-state index in [9.17, 15) is 0 Å². The summed E-state index contributed by atoms with van der Waals surface area (Å²) in [6.45, 7) is 2.20. The van der Waals surface area contributed by atoms with Crippen LogP contribution in [0, 0.1) is 0 Å². The summed E-state index contributed by atoms with van der Waals surface area (Å²) in [7, 11) is 0. The minimum absolute atomic E-state index is 0.517. The van der Waals surface area contributed by atoms with E-state index in [1.807, 2.05) is 42.5 Å². The Bertz CT molecular complexity index is 1040. The third kappa shape index (κ3) is 4.56. The number of fused-ring (bicyclic) bond motifs is 1. The Balaban J connectivity index is 1.27. The van der Waals surface area contributed by atoms with Gasteiger partial charge in [0.1, 0.15) is 12.4 Å². The van der Waals surface area contributed by atoms with Crippen LogP contribution in [0.3, 0.4) is 0 Å². The van der Waals surface area contributed by atoms with Gasteiger partial charge in [-0.15, -0.1) is 0 Å². The number of rotatable bonds is 8. The summed E-state index contributed by atoms with van der Waals surface area (Å²) in [6, 6.07) is 24.5. The maximum atomic E-state index is 6.40. The molecule has 0 bridgehead atoms. The molecule has 0 aliphatic rings. The van der Waals surface area contributed by atoms with E-state index in [0.29, 0.717) is 17.4 Å². The summed E-state index contributed by atoms with van der Waals surface area (Å²) in [6.07, 6.45) is 3.08. The van der Waals surface area contributed by atoms with E-state index in [4.69, 9.17) is 16.3 Å². The number of nitrogens with one attached hydrogen (secondary N) is 2. The molecule has 0 aliphatic carbocycles. The molecule has 142 valence electrons. The number of aromatic nitrogens is 1. The van der Waals surface area contributed by atoms with Gasteiger partial charge >= 0.3 is 0 Å². The van der Waals surface area contributed by atoms with Crippen LogP contribution in [0.15, 0.2) is 79.0 Å². The van der Waals surface area contributed by atoms with Crippen molar-refractivity contribution < 1.29 is 4.74 Å². The Morgan fingerprint density at radius 3 is 2.57 bits per heavy atom. The number of aromatic amines is 1. The second kappa shape index (κ2) is 8.96. The normalized spacial score (nSPS) is 11.0. The molecule has 0 saturated heterocycles. The number of hydrogen-bond donors (Lipinski definition) is 2. The quantitative estimate of drug-likeness (QED) is 0.377. The number of H-pyrrole nitrogens is 1. The van der Waals surface area contributed by atoms with Crippen molar-refractivity contribution in [3.8, 4) is 5.75 Å². The van der Waals surface area contributed by atoms with Crippen LogP contribution in [0.2, 0.25) is 5.02 Å². The fourth-order valence-electron chi connectivity index (χ4n) is 3.30. The van der Waals surface area contributed by atoms with Crippen molar-refractivity contribution in [2.45, 2.75) is 19.6 Å². The lowest BCUT2D eigenvalue weighted by Crippen LogP contribution is -2.16. The fraction of sp³-hybridized carbons (Fsp3) is 0.167. The van der Waals surface area contributed by atoms with Crippen molar-refractivity contribution in [2.24, 2.45) is 0 Å². The zero-order valence-corrected chi connectivity index (χ0v) is 16.4. The Hall–Kier alpha value is -2.75. The third-order valence-corrected chi connectivity index (χ3v) is 5.10. The van der Waals surface area contributed by atoms with Crippen LogP contribution in [0.1, 0.15) is 16.7 Å². The van der Waals surface area contributed by atoms with E-state index in [0.717, 1.165) is 30.6 Å². The van der Waals surface area contributed by atoms with E-state index in [1.54, 1.807) is 0 Å². The smallest absolute Gasteiger partial charge is 0.138 e. The molecule has 3 nitrogen and oxygen atoms in total. The van der Waals surface area contributed by atoms with E-state index >= 15 is 0 Å². The summed E-state index contributed by atoms with van der Waals surface area (Å²) in [5.41, 5.74) is 4.80. The molecule has 0 atom stereocenters. The molecule has 0 aliphatic heterocycles. The van der Waals surface area contributed by atoms with Gasteiger partial charge in [-0.1, -0.05) is 66.2 Å². The van der Waals surface area contributed by atoms with Crippen LogP contribution in [-0.2, 0) is 19.6 Å². The van der Waals surface area contributed by atoms with Gasteiger partial charge in [-0.05, 0) is 47.9 Å². The summed E-state index contributed by atoms with van der Waals surface area (Å²) >= 11 is 6.40. The zero-order valence-electron chi connectivity index (χ0n) is 15.6. The minimum Gasteiger partial charge on any atom is -0.487 e. The highest BCUT2D eigenvalue weighted by Gasteiger charge is 2.05. The van der Waals surface area contributed by atoms with Gasteiger partial charge in [-0.25, -0.2) is 0 Å². The van der Waals surface area contributed by atoms with E-state index in [2.05, 4.69) is 46.8 Å². The highest BCUT2D eigenvalue weighted by Crippen LogP contribution is 2.26. The highest BCUT2D eigenvalue weighted by atomic mass is 35.5. The molecular formula is C24H23ClN2O. The summed E-state index contributed by atoms with van der Waals surface area (Å²) in [4.78, 5) is 3.33. The van der Waals surface area contributed by atoms with Gasteiger partial charge in [-0.2, -0.15) is 0 Å². The van der Waals surface area contributed by atoms with Crippen molar-refractivity contribution in [1.82, 2.24) is 10.3 Å². The minimum atomic E-state index is 0.517. The molecule has 0 unspecified atom stereocenters. The maximum Gasteiger partial charge on any atom is 0.138 e. The van der Waals surface area contributed by atoms with E-state index < -0.39 is 0 Å². The molecule has 1 heterocycles. The van der Waals surface area contributed by atoms with Crippen LogP contribution < -0.4 is 10.1 Å². The molecule has 1 aromatic heterocycles. The first kappa shape index (κ1) is 18.6. The molecule has 2 N–H and O–H groups in total. The summed E-state index contributed by atoms with van der Waals surface area (Å²) in [5, 5.41) is 5.44. The summed E-state index contributed by atoms with van der Waals surface area (Å²) in [5.74, 6) is 0.716. The van der Waals surface area contributed by atoms with E-state index in [-0.39, 0.29) is 0 Å². The van der Waals surface area contributed by atoms with Gasteiger partial charge in [0.05, 0.1) is 5.02 Å². The SMILES string of the molecule is Clc1cc(CNCCc2c[nH]c3ccccc23)ccc1OCc1ccccc1. The summed E-state index contributed by atoms with van der Waals surface area (Å²) < 4.78 is 5.84. The number of hydrogen-bond acceptors (Lipinski definition) is 2. The highest BCUT2D eigenvalue weighted by molar-refractivity contribution is 6.32. The molecule has 0 amide bonds. The third-order valence-electron chi connectivity index (χ3n) is 4.81. The van der Waals surface area contributed by atoms with Crippen LogP contribution >= 0.6 is 11.6 Å². The lowest BCUT2D eigenvalue weighted by Gasteiger charge is -2.10. The van der Waals surface area contributed by atoms with Crippen LogP contribution in [0.25, 0.3) is 10.9 Å². The molecule has 28 heavy (non-hydrogen) atoms. The van der Waals surface area contributed by atoms with Gasteiger partial charge in [0.2, 0.25) is 0 Å². The molecule has 4 aromatic rings. The molecule has 4 heteroatoms. The van der Waals surface area contributed by atoms with Crippen molar-refractivity contribution in [1.29, 1.82) is 0 Å². The topological polar surface area (TPSA) is 37.0 Å². The van der Waals surface area contributed by atoms with Crippen LogP contribution in [0.5, 0.6) is 5.75 Å². The second-order valence-corrected chi connectivity index (χ2v) is 7.23. The largest absolute Gasteiger partial charge is 0.487 e. The maximum absolute atomic E-state index is 6.40. The van der Waals surface area contributed by atoms with Gasteiger partial charge in [0.25, 0.3) is 0 Å². The Labute approximate surface area is 170 Å². The molecule has 0 saturated carbocycles. The molecular weight excluding hydrogens is 368 g/mol. The van der Waals surface area contributed by atoms with Crippen molar-refractivity contribution in [2.75, 3.05) is 6.54 Å². The molecule has 0 spiro atoms.